The molecule has 0 aromatic carbocycles. The van der Waals surface area contributed by atoms with E-state index in [-0.39, 0.29) is 5.54 Å². The van der Waals surface area contributed by atoms with Crippen molar-refractivity contribution in [3.63, 3.8) is 0 Å². The highest BCUT2D eigenvalue weighted by atomic mass is 16.5. The van der Waals surface area contributed by atoms with Gasteiger partial charge in [-0.05, 0) is 56.8 Å². The molecule has 1 aliphatic heterocycles. The third-order valence-corrected chi connectivity index (χ3v) is 5.09. The van der Waals surface area contributed by atoms with Crippen molar-refractivity contribution < 1.29 is 4.74 Å². The molecule has 0 aromatic rings. The predicted octanol–water partition coefficient (Wildman–Crippen LogP) is 3.88. The van der Waals surface area contributed by atoms with E-state index in [0.29, 0.717) is 6.10 Å². The first-order chi connectivity index (χ1) is 8.59. The molecule has 0 radical (unpaired) electrons. The second-order valence-electron chi connectivity index (χ2n) is 6.99. The van der Waals surface area contributed by atoms with Crippen LogP contribution in [0.1, 0.15) is 71.6 Å². The summed E-state index contributed by atoms with van der Waals surface area (Å²) in [6, 6.07) is 0. The fourth-order valence-corrected chi connectivity index (χ4v) is 3.79. The second kappa shape index (κ2) is 6.38. The molecule has 0 bridgehead atoms. The molecule has 18 heavy (non-hydrogen) atoms. The Labute approximate surface area is 113 Å². The van der Waals surface area contributed by atoms with Crippen molar-refractivity contribution in [2.75, 3.05) is 6.61 Å². The topological polar surface area (TPSA) is 35.2 Å². The van der Waals surface area contributed by atoms with Crippen LogP contribution in [-0.4, -0.2) is 18.2 Å². The van der Waals surface area contributed by atoms with E-state index < -0.39 is 0 Å². The summed E-state index contributed by atoms with van der Waals surface area (Å²) in [5, 5.41) is 0. The number of rotatable bonds is 5. The van der Waals surface area contributed by atoms with E-state index in [2.05, 4.69) is 13.8 Å². The number of nitrogens with two attached hydrogens (primary N) is 1. The Kier molecular flexibility index (Phi) is 5.08. The Hall–Kier alpha value is -0.0800. The summed E-state index contributed by atoms with van der Waals surface area (Å²) in [6.07, 6.45) is 12.0. The van der Waals surface area contributed by atoms with Gasteiger partial charge in [0.2, 0.25) is 0 Å². The zero-order chi connectivity index (χ0) is 13.0. The predicted molar refractivity (Wildman–Crippen MR) is 76.5 cm³/mol. The normalized spacial score (nSPS) is 37.3. The minimum Gasteiger partial charge on any atom is -0.378 e. The summed E-state index contributed by atoms with van der Waals surface area (Å²) in [6.45, 7) is 5.68. The molecule has 106 valence electrons. The summed E-state index contributed by atoms with van der Waals surface area (Å²) < 4.78 is 5.69. The van der Waals surface area contributed by atoms with E-state index in [1.165, 1.54) is 57.8 Å². The smallest absolute Gasteiger partial charge is 0.0576 e. The Morgan fingerprint density at radius 1 is 1.28 bits per heavy atom. The van der Waals surface area contributed by atoms with Crippen molar-refractivity contribution in [1.29, 1.82) is 0 Å². The van der Waals surface area contributed by atoms with Gasteiger partial charge in [0.1, 0.15) is 0 Å². The lowest BCUT2D eigenvalue weighted by Gasteiger charge is -2.40. The SMILES string of the molecule is CC(C)C1CCCC(N)(CCCC2CCCO2)C1. The van der Waals surface area contributed by atoms with Crippen LogP contribution in [0.25, 0.3) is 0 Å². The molecular weight excluding hydrogens is 222 g/mol. The van der Waals surface area contributed by atoms with Gasteiger partial charge >= 0.3 is 0 Å². The summed E-state index contributed by atoms with van der Waals surface area (Å²) in [5.74, 6) is 1.65. The van der Waals surface area contributed by atoms with Gasteiger partial charge in [0.05, 0.1) is 6.10 Å². The Balaban J connectivity index is 1.72. The zero-order valence-electron chi connectivity index (χ0n) is 12.3. The molecule has 0 amide bonds. The molecule has 2 N–H and O–H groups in total. The highest BCUT2D eigenvalue weighted by Crippen LogP contribution is 2.37. The van der Waals surface area contributed by atoms with Gasteiger partial charge in [0, 0.05) is 12.1 Å². The monoisotopic (exact) mass is 253 g/mol. The first-order valence-electron chi connectivity index (χ1n) is 7.99. The molecule has 3 atom stereocenters. The lowest BCUT2D eigenvalue weighted by molar-refractivity contribution is 0.0965. The van der Waals surface area contributed by atoms with Crippen LogP contribution >= 0.6 is 0 Å². The maximum atomic E-state index is 6.63. The fraction of sp³-hybridized carbons (Fsp3) is 1.00. The van der Waals surface area contributed by atoms with Gasteiger partial charge < -0.3 is 10.5 Å². The standard InChI is InChI=1S/C16H31NO/c1-13(2)14-6-3-9-16(17,12-14)10-4-7-15-8-5-11-18-15/h13-15H,3-12,17H2,1-2H3. The van der Waals surface area contributed by atoms with Crippen LogP contribution < -0.4 is 5.73 Å². The molecule has 1 saturated carbocycles. The Bertz CT molecular complexity index is 247. The van der Waals surface area contributed by atoms with E-state index in [0.717, 1.165) is 18.4 Å². The van der Waals surface area contributed by atoms with Gasteiger partial charge in [-0.3, -0.25) is 0 Å². The van der Waals surface area contributed by atoms with Crippen LogP contribution in [0.5, 0.6) is 0 Å². The molecule has 1 heterocycles. The summed E-state index contributed by atoms with van der Waals surface area (Å²) in [4.78, 5) is 0. The molecule has 1 aliphatic carbocycles. The first-order valence-corrected chi connectivity index (χ1v) is 7.99. The maximum absolute atomic E-state index is 6.63. The molecule has 0 spiro atoms. The zero-order valence-corrected chi connectivity index (χ0v) is 12.3. The van der Waals surface area contributed by atoms with Crippen molar-refractivity contribution in [3.8, 4) is 0 Å². The third kappa shape index (κ3) is 3.96. The first kappa shape index (κ1) is 14.3. The van der Waals surface area contributed by atoms with Crippen LogP contribution in [0.4, 0.5) is 0 Å². The molecule has 2 nitrogen and oxygen atoms in total. The molecule has 2 rings (SSSR count). The highest BCUT2D eigenvalue weighted by molar-refractivity contribution is 4.91. The van der Waals surface area contributed by atoms with Crippen molar-refractivity contribution in [1.82, 2.24) is 0 Å². The van der Waals surface area contributed by atoms with E-state index in [4.69, 9.17) is 10.5 Å². The molecule has 2 fully saturated rings. The van der Waals surface area contributed by atoms with E-state index in [1.807, 2.05) is 0 Å². The molecule has 3 unspecified atom stereocenters. The molecule has 0 aromatic heterocycles. The van der Waals surface area contributed by atoms with Gasteiger partial charge in [0.25, 0.3) is 0 Å². The van der Waals surface area contributed by atoms with Crippen molar-refractivity contribution in [2.45, 2.75) is 83.3 Å². The van der Waals surface area contributed by atoms with Crippen LogP contribution in [0, 0.1) is 11.8 Å². The largest absolute Gasteiger partial charge is 0.378 e. The summed E-state index contributed by atoms with van der Waals surface area (Å²) >= 11 is 0. The molecule has 1 saturated heterocycles. The third-order valence-electron chi connectivity index (χ3n) is 5.09. The van der Waals surface area contributed by atoms with Gasteiger partial charge in [-0.1, -0.05) is 26.7 Å². The van der Waals surface area contributed by atoms with Gasteiger partial charge in [-0.25, -0.2) is 0 Å². The Morgan fingerprint density at radius 3 is 2.78 bits per heavy atom. The molecular formula is C16H31NO. The van der Waals surface area contributed by atoms with Crippen molar-refractivity contribution in [3.05, 3.63) is 0 Å². The maximum Gasteiger partial charge on any atom is 0.0576 e. The van der Waals surface area contributed by atoms with Crippen LogP contribution in [0.15, 0.2) is 0 Å². The van der Waals surface area contributed by atoms with E-state index in [9.17, 15) is 0 Å². The van der Waals surface area contributed by atoms with Crippen molar-refractivity contribution in [2.24, 2.45) is 17.6 Å². The average Bonchev–Trinajstić information content (AvgIpc) is 2.82. The Morgan fingerprint density at radius 2 is 2.11 bits per heavy atom. The fourth-order valence-electron chi connectivity index (χ4n) is 3.79. The lowest BCUT2D eigenvalue weighted by atomic mass is 9.70. The van der Waals surface area contributed by atoms with Gasteiger partial charge in [-0.2, -0.15) is 0 Å². The average molecular weight is 253 g/mol. The van der Waals surface area contributed by atoms with Crippen molar-refractivity contribution >= 4 is 0 Å². The minimum atomic E-state index is 0.131. The molecule has 2 aliphatic rings. The van der Waals surface area contributed by atoms with Crippen LogP contribution in [0.3, 0.4) is 0 Å². The van der Waals surface area contributed by atoms with Gasteiger partial charge in [-0.15, -0.1) is 0 Å². The minimum absolute atomic E-state index is 0.131. The van der Waals surface area contributed by atoms with Gasteiger partial charge in [0.15, 0.2) is 0 Å². The quantitative estimate of drug-likeness (QED) is 0.807. The summed E-state index contributed by atoms with van der Waals surface area (Å²) in [5.41, 5.74) is 6.76. The lowest BCUT2D eigenvalue weighted by Crippen LogP contribution is -2.45. The molecule has 2 heteroatoms. The number of ether oxygens (including phenoxy) is 1. The van der Waals surface area contributed by atoms with Crippen LogP contribution in [0.2, 0.25) is 0 Å². The van der Waals surface area contributed by atoms with Crippen LogP contribution in [-0.2, 0) is 4.74 Å². The van der Waals surface area contributed by atoms with E-state index >= 15 is 0 Å². The summed E-state index contributed by atoms with van der Waals surface area (Å²) in [7, 11) is 0. The number of hydrogen-bond donors (Lipinski definition) is 1. The number of hydrogen-bond acceptors (Lipinski definition) is 2. The highest BCUT2D eigenvalue weighted by Gasteiger charge is 2.33. The van der Waals surface area contributed by atoms with E-state index in [1.54, 1.807) is 0 Å². The second-order valence-corrected chi connectivity index (χ2v) is 6.99.